The fourth-order valence-corrected chi connectivity index (χ4v) is 3.92. The van der Waals surface area contributed by atoms with Crippen LogP contribution in [-0.4, -0.2) is 23.8 Å². The van der Waals surface area contributed by atoms with E-state index in [4.69, 9.17) is 4.74 Å². The second kappa shape index (κ2) is 3.72. The summed E-state index contributed by atoms with van der Waals surface area (Å²) in [4.78, 5) is 0. The summed E-state index contributed by atoms with van der Waals surface area (Å²) >= 11 is 0. The van der Waals surface area contributed by atoms with Gasteiger partial charge in [-0.3, -0.25) is 0 Å². The van der Waals surface area contributed by atoms with Crippen molar-refractivity contribution in [3.63, 3.8) is 0 Å². The molecule has 1 aromatic carbocycles. The Morgan fingerprint density at radius 3 is 2.78 bits per heavy atom. The number of nitrogens with one attached hydrogen (secondary N) is 1. The molecule has 18 heavy (non-hydrogen) atoms. The lowest BCUT2D eigenvalue weighted by Gasteiger charge is -2.38. The highest BCUT2D eigenvalue weighted by molar-refractivity contribution is 5.47. The van der Waals surface area contributed by atoms with E-state index in [0.29, 0.717) is 12.1 Å². The van der Waals surface area contributed by atoms with Crippen LogP contribution < -0.4 is 10.1 Å². The zero-order chi connectivity index (χ0) is 12.2. The lowest BCUT2D eigenvalue weighted by molar-refractivity contribution is -0.0132. The van der Waals surface area contributed by atoms with Crippen LogP contribution in [0, 0.1) is 0 Å². The Morgan fingerprint density at radius 1 is 1.22 bits per heavy atom. The number of fused-ring (bicyclic) bond motifs is 3. The standard InChI is InChI=1S/C15H19NO2/c17-15(8-11-4-5-12(9-15)16-11)13-3-1-2-10-6-7-18-14(10)13/h1-3,11-12,16-17H,4-9H2. The van der Waals surface area contributed by atoms with Crippen LogP contribution in [0.25, 0.3) is 0 Å². The predicted molar refractivity (Wildman–Crippen MR) is 68.7 cm³/mol. The van der Waals surface area contributed by atoms with E-state index in [1.54, 1.807) is 0 Å². The number of piperidine rings is 1. The van der Waals surface area contributed by atoms with Crippen molar-refractivity contribution in [2.45, 2.75) is 49.8 Å². The first-order chi connectivity index (χ1) is 8.74. The summed E-state index contributed by atoms with van der Waals surface area (Å²) in [5, 5.41) is 14.6. The van der Waals surface area contributed by atoms with Crippen molar-refractivity contribution in [2.24, 2.45) is 0 Å². The van der Waals surface area contributed by atoms with Crippen molar-refractivity contribution in [1.29, 1.82) is 0 Å². The minimum absolute atomic E-state index is 0.478. The molecule has 3 aliphatic rings. The van der Waals surface area contributed by atoms with Gasteiger partial charge in [-0.15, -0.1) is 0 Å². The maximum atomic E-state index is 11.1. The van der Waals surface area contributed by atoms with Gasteiger partial charge in [0.2, 0.25) is 0 Å². The molecule has 2 N–H and O–H groups in total. The number of benzene rings is 1. The molecular formula is C15H19NO2. The van der Waals surface area contributed by atoms with Gasteiger partial charge >= 0.3 is 0 Å². The highest BCUT2D eigenvalue weighted by Gasteiger charge is 2.45. The van der Waals surface area contributed by atoms with Gasteiger partial charge in [0.15, 0.2) is 0 Å². The number of aliphatic hydroxyl groups is 1. The van der Waals surface area contributed by atoms with Gasteiger partial charge in [-0.2, -0.15) is 0 Å². The lowest BCUT2D eigenvalue weighted by Crippen LogP contribution is -2.46. The molecule has 0 aliphatic carbocycles. The fourth-order valence-electron chi connectivity index (χ4n) is 3.92. The Bertz CT molecular complexity index is 473. The molecule has 4 rings (SSSR count). The van der Waals surface area contributed by atoms with Crippen LogP contribution in [0.5, 0.6) is 5.75 Å². The molecular weight excluding hydrogens is 226 g/mol. The van der Waals surface area contributed by atoms with E-state index in [0.717, 1.165) is 37.2 Å². The average Bonchev–Trinajstić information content (AvgIpc) is 2.95. The molecule has 2 saturated heterocycles. The lowest BCUT2D eigenvalue weighted by atomic mass is 9.80. The second-order valence-electron chi connectivity index (χ2n) is 5.97. The molecule has 0 spiro atoms. The number of rotatable bonds is 1. The van der Waals surface area contributed by atoms with Gasteiger partial charge in [0.1, 0.15) is 5.75 Å². The number of ether oxygens (including phenoxy) is 1. The third-order valence-corrected chi connectivity index (χ3v) is 4.72. The van der Waals surface area contributed by atoms with Crippen molar-refractivity contribution in [2.75, 3.05) is 6.61 Å². The van der Waals surface area contributed by atoms with E-state index in [1.807, 2.05) is 0 Å². The second-order valence-corrected chi connectivity index (χ2v) is 5.97. The first-order valence-electron chi connectivity index (χ1n) is 6.98. The molecule has 0 saturated carbocycles. The van der Waals surface area contributed by atoms with E-state index >= 15 is 0 Å². The van der Waals surface area contributed by atoms with Gasteiger partial charge in [-0.05, 0) is 31.2 Å². The molecule has 96 valence electrons. The van der Waals surface area contributed by atoms with E-state index in [2.05, 4.69) is 23.5 Å². The Hall–Kier alpha value is -1.06. The van der Waals surface area contributed by atoms with Crippen LogP contribution in [0.2, 0.25) is 0 Å². The van der Waals surface area contributed by atoms with Crippen LogP contribution >= 0.6 is 0 Å². The maximum Gasteiger partial charge on any atom is 0.128 e. The zero-order valence-electron chi connectivity index (χ0n) is 10.5. The molecule has 0 radical (unpaired) electrons. The van der Waals surface area contributed by atoms with E-state index < -0.39 is 5.60 Å². The molecule has 2 atom stereocenters. The topological polar surface area (TPSA) is 41.5 Å². The van der Waals surface area contributed by atoms with Gasteiger partial charge < -0.3 is 15.2 Å². The quantitative estimate of drug-likeness (QED) is 0.791. The summed E-state index contributed by atoms with van der Waals surface area (Å²) in [6.07, 6.45) is 5.02. The van der Waals surface area contributed by atoms with Gasteiger partial charge in [0, 0.05) is 24.1 Å². The summed E-state index contributed by atoms with van der Waals surface area (Å²) in [7, 11) is 0. The Labute approximate surface area is 107 Å². The summed E-state index contributed by atoms with van der Waals surface area (Å²) in [6.45, 7) is 0.757. The van der Waals surface area contributed by atoms with Crippen LogP contribution in [0.3, 0.4) is 0 Å². The van der Waals surface area contributed by atoms with Crippen LogP contribution in [0.4, 0.5) is 0 Å². The minimum Gasteiger partial charge on any atom is -0.493 e. The third-order valence-electron chi connectivity index (χ3n) is 4.72. The molecule has 2 unspecified atom stereocenters. The summed E-state index contributed by atoms with van der Waals surface area (Å²) < 4.78 is 5.76. The average molecular weight is 245 g/mol. The van der Waals surface area contributed by atoms with Crippen LogP contribution in [0.15, 0.2) is 18.2 Å². The number of hydrogen-bond acceptors (Lipinski definition) is 3. The SMILES string of the molecule is OC1(c2cccc3c2OCC3)CC2CCC(C1)N2. The minimum atomic E-state index is -0.688. The van der Waals surface area contributed by atoms with E-state index in [-0.39, 0.29) is 0 Å². The maximum absolute atomic E-state index is 11.1. The molecule has 3 nitrogen and oxygen atoms in total. The van der Waals surface area contributed by atoms with Crippen molar-refractivity contribution >= 4 is 0 Å². The Morgan fingerprint density at radius 2 is 2.00 bits per heavy atom. The fraction of sp³-hybridized carbons (Fsp3) is 0.600. The third kappa shape index (κ3) is 1.50. The molecule has 1 aromatic rings. The first-order valence-corrected chi connectivity index (χ1v) is 6.98. The van der Waals surface area contributed by atoms with E-state index in [1.165, 1.54) is 18.4 Å². The van der Waals surface area contributed by atoms with Crippen molar-refractivity contribution in [3.05, 3.63) is 29.3 Å². The zero-order valence-corrected chi connectivity index (χ0v) is 10.5. The largest absolute Gasteiger partial charge is 0.493 e. The predicted octanol–water partition coefficient (Wildman–Crippen LogP) is 1.72. The number of para-hydroxylation sites is 1. The van der Waals surface area contributed by atoms with Crippen molar-refractivity contribution < 1.29 is 9.84 Å². The van der Waals surface area contributed by atoms with Gasteiger partial charge in [-0.1, -0.05) is 18.2 Å². The van der Waals surface area contributed by atoms with Crippen molar-refractivity contribution in [3.8, 4) is 5.75 Å². The van der Waals surface area contributed by atoms with Gasteiger partial charge in [0.05, 0.1) is 12.2 Å². The smallest absolute Gasteiger partial charge is 0.128 e. The Balaban J connectivity index is 1.76. The summed E-state index contributed by atoms with van der Waals surface area (Å²) in [6, 6.07) is 7.18. The van der Waals surface area contributed by atoms with Gasteiger partial charge in [-0.25, -0.2) is 0 Å². The molecule has 2 bridgehead atoms. The van der Waals surface area contributed by atoms with Gasteiger partial charge in [0.25, 0.3) is 0 Å². The molecule has 3 aliphatic heterocycles. The molecule has 0 amide bonds. The highest BCUT2D eigenvalue weighted by Crippen LogP contribution is 2.45. The van der Waals surface area contributed by atoms with Crippen LogP contribution in [0.1, 0.15) is 36.8 Å². The molecule has 2 fully saturated rings. The monoisotopic (exact) mass is 245 g/mol. The molecule has 0 aromatic heterocycles. The molecule has 3 heterocycles. The van der Waals surface area contributed by atoms with E-state index in [9.17, 15) is 5.11 Å². The summed E-state index contributed by atoms with van der Waals surface area (Å²) in [5.74, 6) is 0.960. The van der Waals surface area contributed by atoms with Crippen molar-refractivity contribution in [1.82, 2.24) is 5.32 Å². The summed E-state index contributed by atoms with van der Waals surface area (Å²) in [5.41, 5.74) is 1.59. The normalized spacial score (nSPS) is 37.4. The Kier molecular flexibility index (Phi) is 2.24. The molecule has 3 heteroatoms. The van der Waals surface area contributed by atoms with Crippen LogP contribution in [-0.2, 0) is 12.0 Å². The first kappa shape index (κ1) is 10.8. The number of hydrogen-bond donors (Lipinski definition) is 2. The highest BCUT2D eigenvalue weighted by atomic mass is 16.5.